The molecular weight excluding hydrogens is 392 g/mol. The molecule has 2 rings (SSSR count). The van der Waals surface area contributed by atoms with E-state index in [2.05, 4.69) is 87.8 Å². The van der Waals surface area contributed by atoms with Gasteiger partial charge in [0, 0.05) is 76.3 Å². The molecule has 1 aromatic heterocycles. The molecule has 1 N–H and O–H groups in total. The largest absolute Gasteiger partial charge is 0.357 e. The molecule has 0 aliphatic carbocycles. The first-order valence-electron chi connectivity index (χ1n) is 9.60. The van der Waals surface area contributed by atoms with Gasteiger partial charge < -0.3 is 24.6 Å². The minimum absolute atomic E-state index is 0.560. The summed E-state index contributed by atoms with van der Waals surface area (Å²) in [6.07, 6.45) is 2.09. The second-order valence-electron chi connectivity index (χ2n) is 7.52. The highest BCUT2D eigenvalue weighted by molar-refractivity contribution is 9.10. The second kappa shape index (κ2) is 10.3. The van der Waals surface area contributed by atoms with E-state index in [1.165, 1.54) is 31.9 Å². The molecule has 1 aromatic rings. The van der Waals surface area contributed by atoms with Crippen LogP contribution in [0.2, 0.25) is 0 Å². The van der Waals surface area contributed by atoms with E-state index in [1.807, 2.05) is 0 Å². The molecule has 1 fully saturated rings. The summed E-state index contributed by atoms with van der Waals surface area (Å²) in [5, 5.41) is 3.43. The van der Waals surface area contributed by atoms with Crippen molar-refractivity contribution >= 4 is 21.9 Å². The minimum atomic E-state index is 0.560. The quantitative estimate of drug-likeness (QED) is 0.534. The molecule has 1 saturated heterocycles. The zero-order chi connectivity index (χ0) is 19.1. The Morgan fingerprint density at radius 2 is 2.00 bits per heavy atom. The van der Waals surface area contributed by atoms with E-state index in [0.717, 1.165) is 36.6 Å². The number of piperazine rings is 1. The summed E-state index contributed by atoms with van der Waals surface area (Å²) in [5.74, 6) is 1.54. The predicted octanol–water partition coefficient (Wildman–Crippen LogP) is 2.07. The first-order valence-corrected chi connectivity index (χ1v) is 10.4. The lowest BCUT2D eigenvalue weighted by Gasteiger charge is -2.33. The molecule has 0 amide bonds. The third kappa shape index (κ3) is 6.59. The maximum atomic E-state index is 4.90. The Labute approximate surface area is 167 Å². The van der Waals surface area contributed by atoms with E-state index >= 15 is 0 Å². The molecule has 0 bridgehead atoms. The van der Waals surface area contributed by atoms with E-state index in [1.54, 1.807) is 0 Å². The van der Waals surface area contributed by atoms with Crippen molar-refractivity contribution in [2.75, 3.05) is 59.9 Å². The summed E-state index contributed by atoms with van der Waals surface area (Å²) in [4.78, 5) is 12.1. The number of guanidine groups is 1. The van der Waals surface area contributed by atoms with Crippen LogP contribution in [0.4, 0.5) is 0 Å². The molecule has 7 heteroatoms. The van der Waals surface area contributed by atoms with Crippen LogP contribution in [0.1, 0.15) is 19.5 Å². The van der Waals surface area contributed by atoms with E-state index in [0.29, 0.717) is 5.92 Å². The van der Waals surface area contributed by atoms with Crippen molar-refractivity contribution in [3.05, 3.63) is 22.4 Å². The summed E-state index contributed by atoms with van der Waals surface area (Å²) in [6.45, 7) is 12.8. The highest BCUT2D eigenvalue weighted by Crippen LogP contribution is 2.15. The third-order valence-corrected chi connectivity index (χ3v) is 5.32. The highest BCUT2D eigenvalue weighted by atomic mass is 79.9. The zero-order valence-corrected chi connectivity index (χ0v) is 18.6. The number of hydrogen-bond donors (Lipinski definition) is 1. The van der Waals surface area contributed by atoms with Crippen LogP contribution in [0.3, 0.4) is 0 Å². The number of nitrogens with one attached hydrogen (secondary N) is 1. The average Bonchev–Trinajstić information content (AvgIpc) is 2.90. The summed E-state index contributed by atoms with van der Waals surface area (Å²) >= 11 is 3.55. The molecule has 0 radical (unpaired) electrons. The standard InChI is InChI=1S/C19H35BrN6/c1-6-21-19(25(5)15-18-11-17(20)14-24(18)4)22-12-16(2)13-26-9-7-23(3)8-10-26/h11,14,16H,6-10,12-13,15H2,1-5H3,(H,21,22). The van der Waals surface area contributed by atoms with E-state index in [-0.39, 0.29) is 0 Å². The summed E-state index contributed by atoms with van der Waals surface area (Å²) < 4.78 is 3.27. The van der Waals surface area contributed by atoms with Crippen LogP contribution in [0, 0.1) is 5.92 Å². The number of aliphatic imine (C=N–C) groups is 1. The maximum Gasteiger partial charge on any atom is 0.194 e. The van der Waals surface area contributed by atoms with Crippen LogP contribution in [-0.4, -0.2) is 85.1 Å². The smallest absolute Gasteiger partial charge is 0.194 e. The van der Waals surface area contributed by atoms with Crippen LogP contribution in [0.5, 0.6) is 0 Å². The number of halogens is 1. The number of nitrogens with zero attached hydrogens (tertiary/aromatic N) is 5. The Morgan fingerprint density at radius 1 is 1.31 bits per heavy atom. The third-order valence-electron chi connectivity index (χ3n) is 4.89. The molecule has 26 heavy (non-hydrogen) atoms. The fourth-order valence-electron chi connectivity index (χ4n) is 3.28. The van der Waals surface area contributed by atoms with Gasteiger partial charge in [0.15, 0.2) is 5.96 Å². The van der Waals surface area contributed by atoms with Gasteiger partial charge in [0.25, 0.3) is 0 Å². The van der Waals surface area contributed by atoms with Crippen LogP contribution in [-0.2, 0) is 13.6 Å². The van der Waals surface area contributed by atoms with Gasteiger partial charge in [-0.15, -0.1) is 0 Å². The summed E-state index contributed by atoms with van der Waals surface area (Å²) in [7, 11) is 6.39. The first kappa shape index (κ1) is 21.3. The highest BCUT2D eigenvalue weighted by Gasteiger charge is 2.16. The molecule has 148 valence electrons. The molecule has 0 saturated carbocycles. The summed E-state index contributed by atoms with van der Waals surface area (Å²) in [6, 6.07) is 2.16. The van der Waals surface area contributed by atoms with Crippen LogP contribution in [0.25, 0.3) is 0 Å². The lowest BCUT2D eigenvalue weighted by molar-refractivity contribution is 0.140. The second-order valence-corrected chi connectivity index (χ2v) is 8.44. The molecule has 1 atom stereocenters. The Balaban J connectivity index is 1.89. The number of likely N-dealkylation sites (N-methyl/N-ethyl adjacent to an activating group) is 1. The number of rotatable bonds is 7. The monoisotopic (exact) mass is 426 g/mol. The number of aryl methyl sites for hydroxylation is 1. The molecule has 1 unspecified atom stereocenters. The van der Waals surface area contributed by atoms with Crippen molar-refractivity contribution in [1.82, 2.24) is 24.6 Å². The summed E-state index contributed by atoms with van der Waals surface area (Å²) in [5.41, 5.74) is 1.26. The van der Waals surface area contributed by atoms with Gasteiger partial charge >= 0.3 is 0 Å². The van der Waals surface area contributed by atoms with Gasteiger partial charge in [-0.2, -0.15) is 0 Å². The van der Waals surface area contributed by atoms with E-state index in [4.69, 9.17) is 4.99 Å². The molecule has 2 heterocycles. The van der Waals surface area contributed by atoms with Gasteiger partial charge in [0.05, 0.1) is 6.54 Å². The van der Waals surface area contributed by atoms with Gasteiger partial charge in [-0.05, 0) is 41.9 Å². The predicted molar refractivity (Wildman–Crippen MR) is 114 cm³/mol. The van der Waals surface area contributed by atoms with Crippen molar-refractivity contribution in [2.24, 2.45) is 18.0 Å². The fraction of sp³-hybridized carbons (Fsp3) is 0.737. The maximum absolute atomic E-state index is 4.90. The Morgan fingerprint density at radius 3 is 2.58 bits per heavy atom. The van der Waals surface area contributed by atoms with E-state index in [9.17, 15) is 0 Å². The van der Waals surface area contributed by atoms with Crippen LogP contribution >= 0.6 is 15.9 Å². The van der Waals surface area contributed by atoms with Gasteiger partial charge in [0.1, 0.15) is 0 Å². The molecule has 6 nitrogen and oxygen atoms in total. The molecule has 0 aromatic carbocycles. The van der Waals surface area contributed by atoms with Gasteiger partial charge in [-0.1, -0.05) is 6.92 Å². The Hall–Kier alpha value is -1.05. The number of hydrogen-bond acceptors (Lipinski definition) is 3. The average molecular weight is 427 g/mol. The van der Waals surface area contributed by atoms with Crippen LogP contribution < -0.4 is 5.32 Å². The van der Waals surface area contributed by atoms with Gasteiger partial charge in [-0.25, -0.2) is 0 Å². The minimum Gasteiger partial charge on any atom is -0.357 e. The van der Waals surface area contributed by atoms with Crippen molar-refractivity contribution < 1.29 is 0 Å². The topological polar surface area (TPSA) is 39.0 Å². The zero-order valence-electron chi connectivity index (χ0n) is 17.0. The van der Waals surface area contributed by atoms with Crippen molar-refractivity contribution in [3.8, 4) is 0 Å². The normalized spacial score (nSPS) is 18.2. The first-order chi connectivity index (χ1) is 12.4. The molecule has 1 aliphatic rings. The lowest BCUT2D eigenvalue weighted by atomic mass is 10.1. The van der Waals surface area contributed by atoms with E-state index < -0.39 is 0 Å². The molecule has 1 aliphatic heterocycles. The van der Waals surface area contributed by atoms with Gasteiger partial charge in [0.2, 0.25) is 0 Å². The van der Waals surface area contributed by atoms with Gasteiger partial charge in [-0.3, -0.25) is 4.99 Å². The Kier molecular flexibility index (Phi) is 8.44. The molecule has 0 spiro atoms. The fourth-order valence-corrected chi connectivity index (χ4v) is 3.85. The number of aromatic nitrogens is 1. The van der Waals surface area contributed by atoms with Crippen molar-refractivity contribution in [2.45, 2.75) is 20.4 Å². The van der Waals surface area contributed by atoms with Crippen molar-refractivity contribution in [1.29, 1.82) is 0 Å². The Bertz CT molecular complexity index is 577. The van der Waals surface area contributed by atoms with Crippen molar-refractivity contribution in [3.63, 3.8) is 0 Å². The SMILES string of the molecule is CCNC(=NCC(C)CN1CCN(C)CC1)N(C)Cc1cc(Br)cn1C. The molecular formula is C19H35BrN6. The lowest BCUT2D eigenvalue weighted by Crippen LogP contribution is -2.46. The van der Waals surface area contributed by atoms with Crippen LogP contribution in [0.15, 0.2) is 21.7 Å².